The van der Waals surface area contributed by atoms with Crippen LogP contribution in [0.4, 0.5) is 0 Å². The van der Waals surface area contributed by atoms with Crippen molar-refractivity contribution in [3.05, 3.63) is 0 Å². The van der Waals surface area contributed by atoms with Crippen molar-refractivity contribution in [1.82, 2.24) is 5.32 Å². The van der Waals surface area contributed by atoms with E-state index >= 15 is 0 Å². The number of ketones is 1. The number of fused-ring (bicyclic) bond motifs is 2. The molecule has 10 atom stereocenters. The van der Waals surface area contributed by atoms with E-state index in [-0.39, 0.29) is 35.1 Å². The smallest absolute Gasteiger partial charge is 0.213 e. The largest absolute Gasteiger partial charge is 0.392 e. The zero-order valence-electron chi connectivity index (χ0n) is 18.2. The molecule has 4 aliphatic carbocycles. The molecule has 4 aliphatic heterocycles. The van der Waals surface area contributed by atoms with Crippen molar-refractivity contribution in [2.75, 3.05) is 13.2 Å². The molecule has 8 aliphatic rings. The molecule has 0 amide bonds. The lowest BCUT2D eigenvalue weighted by Gasteiger charge is -2.77. The first-order valence-electron chi connectivity index (χ1n) is 11.7. The third-order valence-corrected chi connectivity index (χ3v) is 10.5. The summed E-state index contributed by atoms with van der Waals surface area (Å²) >= 11 is 0. The van der Waals surface area contributed by atoms with Gasteiger partial charge in [0.05, 0.1) is 24.4 Å². The molecular weight excluding hydrogens is 386 g/mol. The van der Waals surface area contributed by atoms with E-state index < -0.39 is 40.2 Å². The standard InChI is InChI=1S/C23H33NO6/c1-18(2)8-7-13(25)20-10-28-23(15(26)14(18)20)22-12(20)6-5-11(21(9-24-21)17(22)27)16(22)29-19(3,4)30-23/h11-16,24-26H,5-10H2,1-4H3/t11-,12?,13+,14-,15+,16-,20-,21?,22-,23+/m1/s1. The van der Waals surface area contributed by atoms with Gasteiger partial charge >= 0.3 is 0 Å². The quantitative estimate of drug-likeness (QED) is 0.502. The molecule has 7 nitrogen and oxygen atoms in total. The van der Waals surface area contributed by atoms with Crippen LogP contribution in [-0.2, 0) is 19.0 Å². The van der Waals surface area contributed by atoms with E-state index in [1.54, 1.807) is 0 Å². The number of ether oxygens (including phenoxy) is 3. The van der Waals surface area contributed by atoms with Crippen molar-refractivity contribution >= 4 is 5.78 Å². The fraction of sp³-hybridized carbons (Fsp3) is 0.957. The number of rotatable bonds is 0. The predicted octanol–water partition coefficient (Wildman–Crippen LogP) is 0.960. The highest BCUT2D eigenvalue weighted by atomic mass is 16.8. The van der Waals surface area contributed by atoms with E-state index in [4.69, 9.17) is 14.2 Å². The lowest BCUT2D eigenvalue weighted by atomic mass is 9.35. The summed E-state index contributed by atoms with van der Waals surface area (Å²) in [6.45, 7) is 9.08. The first-order valence-corrected chi connectivity index (χ1v) is 11.7. The van der Waals surface area contributed by atoms with E-state index in [9.17, 15) is 15.0 Å². The predicted molar refractivity (Wildman–Crippen MR) is 104 cm³/mol. The highest BCUT2D eigenvalue weighted by Crippen LogP contribution is 2.80. The van der Waals surface area contributed by atoms with Gasteiger partial charge in [0, 0.05) is 23.8 Å². The van der Waals surface area contributed by atoms with Gasteiger partial charge < -0.3 is 29.7 Å². The molecule has 8 fully saturated rings. The first kappa shape index (κ1) is 18.9. The Morgan fingerprint density at radius 1 is 1.10 bits per heavy atom. The highest BCUT2D eigenvalue weighted by Gasteiger charge is 2.93. The molecule has 0 radical (unpaired) electrons. The van der Waals surface area contributed by atoms with Crippen molar-refractivity contribution in [2.24, 2.45) is 34.0 Å². The summed E-state index contributed by atoms with van der Waals surface area (Å²) in [6.07, 6.45) is 1.26. The molecule has 0 aromatic carbocycles. The second-order valence-electron chi connectivity index (χ2n) is 12.3. The second-order valence-corrected chi connectivity index (χ2v) is 12.3. The number of Topliss-reactive ketones (excluding diaryl/α,β-unsaturated/α-hetero) is 1. The van der Waals surface area contributed by atoms with Gasteiger partial charge in [-0.05, 0) is 50.9 Å². The van der Waals surface area contributed by atoms with Crippen LogP contribution >= 0.6 is 0 Å². The number of hydrogen-bond acceptors (Lipinski definition) is 7. The van der Waals surface area contributed by atoms with Crippen LogP contribution in [0.1, 0.15) is 53.4 Å². The van der Waals surface area contributed by atoms with Crippen molar-refractivity contribution in [3.8, 4) is 0 Å². The molecule has 166 valence electrons. The van der Waals surface area contributed by atoms with Gasteiger partial charge in [0.1, 0.15) is 11.5 Å². The maximum atomic E-state index is 14.3. The SMILES string of the molecule is CC1(C)O[C@@H]2[C@H]3CCC4[C@@]56CO[C@](O1)([C@@H](O)[C@@H]5C(C)(C)CC[C@@H]6O)[C@]42C(=O)C31CN1. The Bertz CT molecular complexity index is 868. The van der Waals surface area contributed by atoms with Crippen LogP contribution in [0.3, 0.4) is 0 Å². The molecule has 8 rings (SSSR count). The van der Waals surface area contributed by atoms with Crippen molar-refractivity contribution < 1.29 is 29.2 Å². The molecule has 2 unspecified atom stereocenters. The summed E-state index contributed by atoms with van der Waals surface area (Å²) in [5.74, 6) is -2.55. The van der Waals surface area contributed by atoms with Crippen molar-refractivity contribution in [1.29, 1.82) is 0 Å². The number of aliphatic hydroxyl groups excluding tert-OH is 2. The third-order valence-electron chi connectivity index (χ3n) is 10.5. The molecule has 3 N–H and O–H groups in total. The Hall–Kier alpha value is -0.570. The monoisotopic (exact) mass is 419 g/mol. The minimum Gasteiger partial charge on any atom is -0.392 e. The van der Waals surface area contributed by atoms with Gasteiger partial charge in [-0.1, -0.05) is 13.8 Å². The van der Waals surface area contributed by atoms with Gasteiger partial charge in [0.2, 0.25) is 5.79 Å². The molecular formula is C23H33NO6. The van der Waals surface area contributed by atoms with E-state index in [2.05, 4.69) is 19.2 Å². The average Bonchev–Trinajstić information content (AvgIpc) is 3.45. The Morgan fingerprint density at radius 2 is 1.83 bits per heavy atom. The summed E-state index contributed by atoms with van der Waals surface area (Å²) in [7, 11) is 0. The van der Waals surface area contributed by atoms with Crippen LogP contribution in [0.25, 0.3) is 0 Å². The summed E-state index contributed by atoms with van der Waals surface area (Å²) in [5, 5.41) is 26.9. The van der Waals surface area contributed by atoms with Crippen molar-refractivity contribution in [2.45, 2.75) is 88.8 Å². The van der Waals surface area contributed by atoms with Crippen LogP contribution < -0.4 is 5.32 Å². The van der Waals surface area contributed by atoms with Gasteiger partial charge in [-0.2, -0.15) is 0 Å². The number of nitrogens with one attached hydrogen (secondary N) is 1. The Morgan fingerprint density at radius 3 is 2.53 bits per heavy atom. The van der Waals surface area contributed by atoms with E-state index in [1.807, 2.05) is 13.8 Å². The normalized spacial score (nSPS) is 63.5. The van der Waals surface area contributed by atoms with Gasteiger partial charge in [-0.3, -0.25) is 4.79 Å². The Labute approximate surface area is 176 Å². The highest BCUT2D eigenvalue weighted by molar-refractivity contribution is 6.02. The minimum atomic E-state index is -1.42. The lowest BCUT2D eigenvalue weighted by molar-refractivity contribution is -0.534. The molecule has 4 heterocycles. The minimum absolute atomic E-state index is 0.0556. The van der Waals surface area contributed by atoms with Gasteiger partial charge in [0.25, 0.3) is 0 Å². The molecule has 30 heavy (non-hydrogen) atoms. The van der Waals surface area contributed by atoms with E-state index in [0.29, 0.717) is 19.6 Å². The van der Waals surface area contributed by atoms with Crippen LogP contribution in [0.5, 0.6) is 0 Å². The van der Waals surface area contributed by atoms with Crippen LogP contribution in [-0.4, -0.2) is 64.6 Å². The first-order chi connectivity index (χ1) is 14.0. The number of aliphatic hydroxyl groups is 2. The molecule has 4 bridgehead atoms. The fourth-order valence-corrected chi connectivity index (χ4v) is 9.65. The summed E-state index contributed by atoms with van der Waals surface area (Å²) in [5.41, 5.74) is -2.50. The van der Waals surface area contributed by atoms with Crippen LogP contribution in [0.15, 0.2) is 0 Å². The van der Waals surface area contributed by atoms with Gasteiger partial charge in [0.15, 0.2) is 11.6 Å². The van der Waals surface area contributed by atoms with Gasteiger partial charge in [-0.25, -0.2) is 0 Å². The molecule has 4 spiro atoms. The van der Waals surface area contributed by atoms with E-state index in [0.717, 1.165) is 19.3 Å². The molecule has 0 aromatic heterocycles. The summed E-state index contributed by atoms with van der Waals surface area (Å²) in [6, 6.07) is 0. The van der Waals surface area contributed by atoms with Crippen molar-refractivity contribution in [3.63, 3.8) is 0 Å². The summed E-state index contributed by atoms with van der Waals surface area (Å²) in [4.78, 5) is 14.3. The summed E-state index contributed by atoms with van der Waals surface area (Å²) < 4.78 is 19.6. The Kier molecular flexibility index (Phi) is 3.06. The maximum Gasteiger partial charge on any atom is 0.213 e. The average molecular weight is 420 g/mol. The fourth-order valence-electron chi connectivity index (χ4n) is 9.65. The molecule has 0 aromatic rings. The molecule has 7 heteroatoms. The zero-order valence-corrected chi connectivity index (χ0v) is 18.2. The Balaban J connectivity index is 1.55. The number of hydrogen-bond donors (Lipinski definition) is 3. The third kappa shape index (κ3) is 1.57. The molecule has 4 saturated heterocycles. The number of carbonyl (C=O) groups is 1. The molecule has 4 saturated carbocycles. The van der Waals surface area contributed by atoms with E-state index in [1.165, 1.54) is 0 Å². The lowest BCUT2D eigenvalue weighted by Crippen LogP contribution is -2.88. The topological polar surface area (TPSA) is 107 Å². The van der Waals surface area contributed by atoms with Crippen LogP contribution in [0.2, 0.25) is 0 Å². The number of carbonyl (C=O) groups excluding carboxylic acids is 1. The zero-order chi connectivity index (χ0) is 21.1. The maximum absolute atomic E-state index is 14.3. The van der Waals surface area contributed by atoms with Crippen LogP contribution in [0, 0.1) is 34.0 Å². The van der Waals surface area contributed by atoms with Gasteiger partial charge in [-0.15, -0.1) is 0 Å². The second kappa shape index (κ2) is 4.85.